The molecule has 0 fully saturated rings. The summed E-state index contributed by atoms with van der Waals surface area (Å²) in [4.78, 5) is 15.8. The summed E-state index contributed by atoms with van der Waals surface area (Å²) in [5.41, 5.74) is 2.13. The van der Waals surface area contributed by atoms with Gasteiger partial charge in [0.1, 0.15) is 5.75 Å². The van der Waals surface area contributed by atoms with Crippen LogP contribution in [0.3, 0.4) is 0 Å². The van der Waals surface area contributed by atoms with Crippen LogP contribution in [0.4, 0.5) is 5.69 Å². The summed E-state index contributed by atoms with van der Waals surface area (Å²) >= 11 is 0. The monoisotopic (exact) mass is 242 g/mol. The van der Waals surface area contributed by atoms with E-state index in [0.29, 0.717) is 5.69 Å². The number of amides is 1. The van der Waals surface area contributed by atoms with Gasteiger partial charge in [-0.2, -0.15) is 0 Å². The van der Waals surface area contributed by atoms with E-state index in [1.165, 1.54) is 0 Å². The molecule has 1 heterocycles. The highest BCUT2D eigenvalue weighted by molar-refractivity contribution is 5.94. The van der Waals surface area contributed by atoms with Crippen LogP contribution in [0.15, 0.2) is 42.7 Å². The molecular weight excluding hydrogens is 228 g/mol. The molecule has 2 N–H and O–H groups in total. The highest BCUT2D eigenvalue weighted by Crippen LogP contribution is 2.26. The van der Waals surface area contributed by atoms with Gasteiger partial charge in [0.2, 0.25) is 5.91 Å². The van der Waals surface area contributed by atoms with E-state index < -0.39 is 0 Å². The van der Waals surface area contributed by atoms with Crippen LogP contribution >= 0.6 is 0 Å². The Hall–Kier alpha value is -2.36. The molecule has 0 bridgehead atoms. The van der Waals surface area contributed by atoms with Crippen molar-refractivity contribution in [2.24, 2.45) is 0 Å². The summed E-state index contributed by atoms with van der Waals surface area (Å²) in [5, 5.41) is 12.4. The number of hydrogen-bond acceptors (Lipinski definition) is 3. The van der Waals surface area contributed by atoms with Crippen LogP contribution in [-0.4, -0.2) is 16.0 Å². The van der Waals surface area contributed by atoms with Crippen molar-refractivity contribution in [1.29, 1.82) is 0 Å². The van der Waals surface area contributed by atoms with Crippen molar-refractivity contribution in [1.82, 2.24) is 4.98 Å². The minimum absolute atomic E-state index is 0.0783. The molecule has 2 rings (SSSR count). The molecule has 4 heteroatoms. The highest BCUT2D eigenvalue weighted by atomic mass is 16.3. The average Bonchev–Trinajstić information content (AvgIpc) is 2.35. The second-order valence-electron chi connectivity index (χ2n) is 4.06. The molecule has 0 aliphatic carbocycles. The number of nitrogens with zero attached hydrogens (tertiary/aromatic N) is 1. The molecule has 0 radical (unpaired) electrons. The highest BCUT2D eigenvalue weighted by Gasteiger charge is 2.09. The number of pyridine rings is 1. The SMILES string of the molecule is Cc1cccc(O)c1NC(=O)Cc1cccnc1. The van der Waals surface area contributed by atoms with Gasteiger partial charge in [-0.1, -0.05) is 18.2 Å². The Morgan fingerprint density at radius 1 is 1.33 bits per heavy atom. The van der Waals surface area contributed by atoms with Crippen molar-refractivity contribution >= 4 is 11.6 Å². The topological polar surface area (TPSA) is 62.2 Å². The largest absolute Gasteiger partial charge is 0.506 e. The van der Waals surface area contributed by atoms with Gasteiger partial charge >= 0.3 is 0 Å². The molecule has 4 nitrogen and oxygen atoms in total. The molecule has 1 aromatic heterocycles. The number of aromatic hydroxyl groups is 1. The van der Waals surface area contributed by atoms with Gasteiger partial charge in [-0.25, -0.2) is 0 Å². The van der Waals surface area contributed by atoms with Gasteiger partial charge in [0, 0.05) is 12.4 Å². The second-order valence-corrected chi connectivity index (χ2v) is 4.06. The van der Waals surface area contributed by atoms with Crippen molar-refractivity contribution in [2.75, 3.05) is 5.32 Å². The number of aryl methyl sites for hydroxylation is 1. The van der Waals surface area contributed by atoms with Gasteiger partial charge in [-0.05, 0) is 30.2 Å². The molecule has 0 spiro atoms. The summed E-state index contributed by atoms with van der Waals surface area (Å²) in [6.45, 7) is 1.83. The number of anilines is 1. The molecule has 1 aromatic carbocycles. The van der Waals surface area contributed by atoms with Crippen LogP contribution in [0.5, 0.6) is 5.75 Å². The summed E-state index contributed by atoms with van der Waals surface area (Å²) in [7, 11) is 0. The number of hydrogen-bond donors (Lipinski definition) is 2. The van der Waals surface area contributed by atoms with Gasteiger partial charge in [0.15, 0.2) is 0 Å². The van der Waals surface area contributed by atoms with Crippen LogP contribution in [0, 0.1) is 6.92 Å². The zero-order valence-corrected chi connectivity index (χ0v) is 10.1. The third-order valence-corrected chi connectivity index (χ3v) is 2.60. The Labute approximate surface area is 105 Å². The van der Waals surface area contributed by atoms with Gasteiger partial charge < -0.3 is 10.4 Å². The minimum Gasteiger partial charge on any atom is -0.506 e. The predicted octanol–water partition coefficient (Wildman–Crippen LogP) is 2.28. The number of nitrogens with one attached hydrogen (secondary N) is 1. The molecular formula is C14H14N2O2. The zero-order valence-electron chi connectivity index (χ0n) is 10.1. The van der Waals surface area contributed by atoms with Crippen LogP contribution in [-0.2, 0) is 11.2 Å². The Morgan fingerprint density at radius 2 is 2.17 bits per heavy atom. The third-order valence-electron chi connectivity index (χ3n) is 2.60. The molecule has 0 saturated carbocycles. The quantitative estimate of drug-likeness (QED) is 0.812. The van der Waals surface area contributed by atoms with E-state index in [1.54, 1.807) is 30.6 Å². The minimum atomic E-state index is -0.174. The number of para-hydroxylation sites is 1. The molecule has 0 unspecified atom stereocenters. The fraction of sp³-hybridized carbons (Fsp3) is 0.143. The lowest BCUT2D eigenvalue weighted by Gasteiger charge is -2.10. The maximum Gasteiger partial charge on any atom is 0.228 e. The Kier molecular flexibility index (Phi) is 3.57. The molecule has 0 aliphatic heterocycles. The molecule has 1 amide bonds. The Morgan fingerprint density at radius 3 is 2.83 bits per heavy atom. The maximum atomic E-state index is 11.8. The normalized spacial score (nSPS) is 10.1. The fourth-order valence-electron chi connectivity index (χ4n) is 1.69. The summed E-state index contributed by atoms with van der Waals surface area (Å²) in [5.74, 6) is -0.0952. The lowest BCUT2D eigenvalue weighted by molar-refractivity contribution is -0.115. The van der Waals surface area contributed by atoms with E-state index in [1.807, 2.05) is 19.1 Å². The van der Waals surface area contributed by atoms with E-state index in [2.05, 4.69) is 10.3 Å². The first kappa shape index (κ1) is 12.1. The number of phenols is 1. The smallest absolute Gasteiger partial charge is 0.228 e. The van der Waals surface area contributed by atoms with Crippen molar-refractivity contribution < 1.29 is 9.90 Å². The summed E-state index contributed by atoms with van der Waals surface area (Å²) in [6, 6.07) is 8.74. The number of aromatic nitrogens is 1. The number of carbonyl (C=O) groups excluding carboxylic acids is 1. The molecule has 2 aromatic rings. The van der Waals surface area contributed by atoms with Crippen LogP contribution in [0.25, 0.3) is 0 Å². The van der Waals surface area contributed by atoms with Crippen LogP contribution in [0.2, 0.25) is 0 Å². The average molecular weight is 242 g/mol. The second kappa shape index (κ2) is 5.31. The lowest BCUT2D eigenvalue weighted by atomic mass is 10.1. The summed E-state index contributed by atoms with van der Waals surface area (Å²) < 4.78 is 0. The van der Waals surface area contributed by atoms with E-state index in [0.717, 1.165) is 11.1 Å². The van der Waals surface area contributed by atoms with E-state index in [-0.39, 0.29) is 18.1 Å². The van der Waals surface area contributed by atoms with Gasteiger partial charge in [-0.15, -0.1) is 0 Å². The molecule has 18 heavy (non-hydrogen) atoms. The van der Waals surface area contributed by atoms with Gasteiger partial charge in [0.25, 0.3) is 0 Å². The van der Waals surface area contributed by atoms with Crippen molar-refractivity contribution in [3.05, 3.63) is 53.9 Å². The first-order chi connectivity index (χ1) is 8.66. The van der Waals surface area contributed by atoms with Crippen molar-refractivity contribution in [3.8, 4) is 5.75 Å². The lowest BCUT2D eigenvalue weighted by Crippen LogP contribution is -2.15. The first-order valence-electron chi connectivity index (χ1n) is 5.64. The predicted molar refractivity (Wildman–Crippen MR) is 69.4 cm³/mol. The maximum absolute atomic E-state index is 11.8. The van der Waals surface area contributed by atoms with Crippen molar-refractivity contribution in [2.45, 2.75) is 13.3 Å². The van der Waals surface area contributed by atoms with E-state index in [9.17, 15) is 9.90 Å². The molecule has 0 saturated heterocycles. The standard InChI is InChI=1S/C14H14N2O2/c1-10-4-2-6-12(17)14(10)16-13(18)8-11-5-3-7-15-9-11/h2-7,9,17H,8H2,1H3,(H,16,18). The zero-order chi connectivity index (χ0) is 13.0. The van der Waals surface area contributed by atoms with Gasteiger partial charge in [0.05, 0.1) is 12.1 Å². The number of phenolic OH excluding ortho intramolecular Hbond substituents is 1. The van der Waals surface area contributed by atoms with Crippen molar-refractivity contribution in [3.63, 3.8) is 0 Å². The van der Waals surface area contributed by atoms with Crippen LogP contribution in [0.1, 0.15) is 11.1 Å². The molecule has 0 atom stereocenters. The molecule has 92 valence electrons. The third kappa shape index (κ3) is 2.85. The Bertz CT molecular complexity index is 533. The summed E-state index contributed by atoms with van der Waals surface area (Å²) in [6.07, 6.45) is 3.55. The van der Waals surface area contributed by atoms with E-state index >= 15 is 0 Å². The number of rotatable bonds is 3. The number of benzene rings is 1. The van der Waals surface area contributed by atoms with E-state index in [4.69, 9.17) is 0 Å². The van der Waals surface area contributed by atoms with Gasteiger partial charge in [-0.3, -0.25) is 9.78 Å². The fourth-order valence-corrected chi connectivity index (χ4v) is 1.69. The van der Waals surface area contributed by atoms with Crippen LogP contribution < -0.4 is 5.32 Å². The Balaban J connectivity index is 2.08. The molecule has 0 aliphatic rings. The number of carbonyl (C=O) groups is 1. The first-order valence-corrected chi connectivity index (χ1v) is 5.64.